The molecule has 1 heterocycles. The molecule has 0 spiro atoms. The van der Waals surface area contributed by atoms with Gasteiger partial charge in [0.05, 0.1) is 10.7 Å². The van der Waals surface area contributed by atoms with Crippen LogP contribution in [0.5, 0.6) is 17.2 Å². The van der Waals surface area contributed by atoms with Gasteiger partial charge in [0.25, 0.3) is 5.91 Å². The number of benzene rings is 2. The molecule has 1 N–H and O–H groups in total. The Labute approximate surface area is 147 Å². The van der Waals surface area contributed by atoms with Crippen molar-refractivity contribution in [3.05, 3.63) is 46.4 Å². The predicted molar refractivity (Wildman–Crippen MR) is 88.2 cm³/mol. The normalized spacial score (nSPS) is 12.7. The van der Waals surface area contributed by atoms with E-state index in [4.69, 9.17) is 37.4 Å². The molecular weight excluding hydrogens is 357 g/mol. The van der Waals surface area contributed by atoms with Crippen LogP contribution < -0.4 is 19.5 Å². The molecule has 3 rings (SSSR count). The van der Waals surface area contributed by atoms with E-state index in [1.165, 1.54) is 12.1 Å². The topological polar surface area (TPSA) is 73.9 Å². The summed E-state index contributed by atoms with van der Waals surface area (Å²) in [7, 11) is 0. The monoisotopic (exact) mass is 367 g/mol. The quantitative estimate of drug-likeness (QED) is 0.662. The number of carbonyl (C=O) groups is 2. The number of halogens is 2. The fraction of sp³-hybridized carbons (Fsp3) is 0.125. The van der Waals surface area contributed by atoms with Crippen LogP contribution in [-0.4, -0.2) is 25.1 Å². The molecule has 1 aliphatic rings. The Balaban J connectivity index is 1.61. The summed E-state index contributed by atoms with van der Waals surface area (Å²) in [6.45, 7) is -0.372. The minimum atomic E-state index is -0.621. The maximum absolute atomic E-state index is 11.9. The third kappa shape index (κ3) is 3.90. The first kappa shape index (κ1) is 16.4. The number of carbonyl (C=O) groups excluding carboxylic acids is 2. The molecule has 0 saturated carbocycles. The zero-order chi connectivity index (χ0) is 17.1. The van der Waals surface area contributed by atoms with E-state index in [1.807, 2.05) is 0 Å². The first-order valence-electron chi connectivity index (χ1n) is 6.86. The summed E-state index contributed by atoms with van der Waals surface area (Å²) in [6.07, 6.45) is 0. The second-order valence-corrected chi connectivity index (χ2v) is 5.68. The van der Waals surface area contributed by atoms with Crippen molar-refractivity contribution in [1.29, 1.82) is 0 Å². The van der Waals surface area contributed by atoms with Crippen molar-refractivity contribution < 1.29 is 23.8 Å². The van der Waals surface area contributed by atoms with E-state index in [1.54, 1.807) is 24.3 Å². The summed E-state index contributed by atoms with van der Waals surface area (Å²) < 4.78 is 15.7. The van der Waals surface area contributed by atoms with E-state index in [0.717, 1.165) is 0 Å². The molecule has 0 atom stereocenters. The van der Waals surface area contributed by atoms with Crippen LogP contribution in [0.25, 0.3) is 0 Å². The lowest BCUT2D eigenvalue weighted by atomic mass is 10.2. The van der Waals surface area contributed by atoms with Gasteiger partial charge >= 0.3 is 5.97 Å². The molecule has 0 aliphatic carbocycles. The fourth-order valence-electron chi connectivity index (χ4n) is 2.02. The maximum atomic E-state index is 11.9. The number of fused-ring (bicyclic) bond motifs is 1. The Bertz CT molecular complexity index is 809. The lowest BCUT2D eigenvalue weighted by Crippen LogP contribution is -2.25. The Morgan fingerprint density at radius 1 is 1.21 bits per heavy atom. The fourth-order valence-corrected chi connectivity index (χ4v) is 2.48. The molecule has 0 radical (unpaired) electrons. The minimum absolute atomic E-state index is 0.0399. The molecule has 1 amide bonds. The number of hydrogen-bond donors (Lipinski definition) is 1. The predicted octanol–water partition coefficient (Wildman–Crippen LogP) is 3.31. The highest BCUT2D eigenvalue weighted by Crippen LogP contribution is 2.31. The van der Waals surface area contributed by atoms with Crippen LogP contribution in [0.1, 0.15) is 0 Å². The van der Waals surface area contributed by atoms with Gasteiger partial charge in [-0.15, -0.1) is 0 Å². The number of rotatable bonds is 4. The number of nitrogens with one attached hydrogen (secondary N) is 1. The van der Waals surface area contributed by atoms with Crippen molar-refractivity contribution in [3.63, 3.8) is 0 Å². The van der Waals surface area contributed by atoms with Crippen LogP contribution in [0.2, 0.25) is 10.0 Å². The summed E-state index contributed by atoms with van der Waals surface area (Å²) >= 11 is 11.7. The number of esters is 1. The van der Waals surface area contributed by atoms with Gasteiger partial charge in [-0.2, -0.15) is 0 Å². The zero-order valence-electron chi connectivity index (χ0n) is 12.2. The van der Waals surface area contributed by atoms with Crippen molar-refractivity contribution in [1.82, 2.24) is 0 Å². The summed E-state index contributed by atoms with van der Waals surface area (Å²) in [6, 6.07) is 9.33. The zero-order valence-corrected chi connectivity index (χ0v) is 13.7. The second kappa shape index (κ2) is 6.98. The smallest absolute Gasteiger partial charge is 0.349 e. The van der Waals surface area contributed by atoms with Crippen molar-refractivity contribution >= 4 is 40.8 Å². The number of amides is 1. The van der Waals surface area contributed by atoms with Gasteiger partial charge in [0.15, 0.2) is 13.2 Å². The van der Waals surface area contributed by atoms with Crippen LogP contribution in [0.15, 0.2) is 36.4 Å². The molecule has 124 valence electrons. The highest BCUT2D eigenvalue weighted by molar-refractivity contribution is 6.35. The molecule has 0 fully saturated rings. The highest BCUT2D eigenvalue weighted by atomic mass is 35.5. The lowest BCUT2D eigenvalue weighted by molar-refractivity contribution is -0.136. The van der Waals surface area contributed by atoms with Gasteiger partial charge < -0.3 is 19.5 Å². The van der Waals surface area contributed by atoms with Crippen molar-refractivity contribution in [3.8, 4) is 17.2 Å². The summed E-state index contributed by atoms with van der Waals surface area (Å²) in [5.41, 5.74) is 0.443. The molecule has 2 aromatic rings. The van der Waals surface area contributed by atoms with E-state index >= 15 is 0 Å². The summed E-state index contributed by atoms with van der Waals surface area (Å²) in [5, 5.41) is 3.39. The Kier molecular flexibility index (Phi) is 4.78. The number of anilines is 1. The van der Waals surface area contributed by atoms with Crippen LogP contribution in [0.3, 0.4) is 0 Å². The van der Waals surface area contributed by atoms with E-state index < -0.39 is 5.97 Å². The van der Waals surface area contributed by atoms with E-state index in [9.17, 15) is 9.59 Å². The standard InChI is InChI=1S/C16H11Cl2NO5/c17-9-1-3-13(11(18)5-9)23-8-16(21)24-10-2-4-14-12(6-10)19-15(20)7-22-14/h1-6H,7-8H2,(H,19,20). The third-order valence-corrected chi connectivity index (χ3v) is 3.59. The molecule has 0 bridgehead atoms. The van der Waals surface area contributed by atoms with E-state index in [2.05, 4.69) is 5.32 Å². The van der Waals surface area contributed by atoms with Crippen LogP contribution >= 0.6 is 23.2 Å². The minimum Gasteiger partial charge on any atom is -0.482 e. The van der Waals surface area contributed by atoms with Crippen LogP contribution in [0.4, 0.5) is 5.69 Å². The van der Waals surface area contributed by atoms with Gasteiger partial charge in [0.1, 0.15) is 17.2 Å². The van der Waals surface area contributed by atoms with Gasteiger partial charge in [-0.1, -0.05) is 23.2 Å². The van der Waals surface area contributed by atoms with Crippen molar-refractivity contribution in [2.45, 2.75) is 0 Å². The lowest BCUT2D eigenvalue weighted by Gasteiger charge is -2.18. The molecule has 8 heteroatoms. The Morgan fingerprint density at radius 2 is 2.04 bits per heavy atom. The Hall–Kier alpha value is -2.44. The van der Waals surface area contributed by atoms with E-state index in [-0.39, 0.29) is 24.9 Å². The van der Waals surface area contributed by atoms with Crippen LogP contribution in [-0.2, 0) is 9.59 Å². The average Bonchev–Trinajstić information content (AvgIpc) is 2.53. The van der Waals surface area contributed by atoms with E-state index in [0.29, 0.717) is 27.2 Å². The molecule has 2 aromatic carbocycles. The average molecular weight is 368 g/mol. The first-order valence-corrected chi connectivity index (χ1v) is 7.62. The van der Waals surface area contributed by atoms with Gasteiger partial charge in [-0.3, -0.25) is 4.79 Å². The molecule has 6 nitrogen and oxygen atoms in total. The molecule has 0 unspecified atom stereocenters. The first-order chi connectivity index (χ1) is 11.5. The largest absolute Gasteiger partial charge is 0.482 e. The third-order valence-electron chi connectivity index (χ3n) is 3.06. The Morgan fingerprint density at radius 3 is 2.83 bits per heavy atom. The number of hydrogen-bond acceptors (Lipinski definition) is 5. The van der Waals surface area contributed by atoms with Crippen molar-refractivity contribution in [2.24, 2.45) is 0 Å². The molecule has 0 saturated heterocycles. The molecule has 0 aromatic heterocycles. The maximum Gasteiger partial charge on any atom is 0.349 e. The molecular formula is C16H11Cl2NO5. The SMILES string of the molecule is O=C1COc2ccc(OC(=O)COc3ccc(Cl)cc3Cl)cc2N1. The van der Waals surface area contributed by atoms with Crippen molar-refractivity contribution in [2.75, 3.05) is 18.5 Å². The second-order valence-electron chi connectivity index (χ2n) is 4.83. The summed E-state index contributed by atoms with van der Waals surface area (Å²) in [4.78, 5) is 23.2. The summed E-state index contributed by atoms with van der Waals surface area (Å²) in [5.74, 6) is 0.203. The molecule has 1 aliphatic heterocycles. The van der Waals surface area contributed by atoms with Crippen LogP contribution in [0, 0.1) is 0 Å². The molecule has 24 heavy (non-hydrogen) atoms. The number of ether oxygens (including phenoxy) is 3. The van der Waals surface area contributed by atoms with Gasteiger partial charge in [0.2, 0.25) is 0 Å². The van der Waals surface area contributed by atoms with Gasteiger partial charge in [-0.05, 0) is 30.3 Å². The highest BCUT2D eigenvalue weighted by Gasteiger charge is 2.17. The van der Waals surface area contributed by atoms with Gasteiger partial charge in [0, 0.05) is 11.1 Å². The van der Waals surface area contributed by atoms with Gasteiger partial charge in [-0.25, -0.2) is 4.79 Å².